The van der Waals surface area contributed by atoms with E-state index in [-0.39, 0.29) is 36.5 Å². The van der Waals surface area contributed by atoms with Crippen molar-refractivity contribution >= 4 is 47.2 Å². The molecule has 260 valence electrons. The number of carbonyl (C=O) groups excluding carboxylic acids is 2. The van der Waals surface area contributed by atoms with E-state index in [0.29, 0.717) is 18.6 Å². The van der Waals surface area contributed by atoms with E-state index >= 15 is 0 Å². The summed E-state index contributed by atoms with van der Waals surface area (Å²) in [5, 5.41) is 34.8. The number of nitro groups is 1. The summed E-state index contributed by atoms with van der Waals surface area (Å²) in [6, 6.07) is 26.3. The van der Waals surface area contributed by atoms with Gasteiger partial charge in [0.1, 0.15) is 18.1 Å². The molecule has 4 aromatic carbocycles. The number of hydrogen-bond donors (Lipinski definition) is 2. The fraction of sp³-hybridized carbons (Fsp3) is 0.300. The molecular formula is C40H39BN2O8. The topological polar surface area (TPSA) is 139 Å². The molecule has 0 aromatic heterocycles. The number of aromatic hydroxyl groups is 1. The maximum absolute atomic E-state index is 14.2. The van der Waals surface area contributed by atoms with Gasteiger partial charge < -0.3 is 19.5 Å². The van der Waals surface area contributed by atoms with E-state index in [1.807, 2.05) is 60.7 Å². The first kappa shape index (κ1) is 34.2. The van der Waals surface area contributed by atoms with E-state index in [1.165, 1.54) is 29.8 Å². The highest BCUT2D eigenvalue weighted by molar-refractivity contribution is 6.43. The number of phenols is 1. The van der Waals surface area contributed by atoms with Crippen LogP contribution in [-0.2, 0) is 14.2 Å². The number of carbonyl (C=O) groups is 2. The van der Waals surface area contributed by atoms with Crippen LogP contribution in [0.1, 0.15) is 44.6 Å². The average molecular weight is 687 g/mol. The van der Waals surface area contributed by atoms with Gasteiger partial charge in [-0.15, -0.1) is 0 Å². The first-order valence-electron chi connectivity index (χ1n) is 17.5. The molecule has 0 saturated carbocycles. The normalized spacial score (nSPS) is 22.0. The van der Waals surface area contributed by atoms with Crippen LogP contribution in [0.4, 0.5) is 11.4 Å². The standard InChI is InChI=1S/C40H39BN2O8/c1-2-9-25(20-26-17-18-35(44)32-15-7-6-14-31(26)32)16-19-36-37-27(24-50-30-12-4-3-5-13-30)21-33-38(34(37)23-41(47)51-36)40(46)42(39(33)45)28-10-8-11-29(22-28)43(48)49/h3-8,10-15,17-18,20,22,33-34,36,38,44,47H,2,9,16,19,21,23-24H2,1H3/b25-20+/t33-,34+,36-,38-/m1/s1. The lowest BCUT2D eigenvalue weighted by Gasteiger charge is -2.43. The summed E-state index contributed by atoms with van der Waals surface area (Å²) >= 11 is 0. The van der Waals surface area contributed by atoms with Crippen LogP contribution in [0.3, 0.4) is 0 Å². The summed E-state index contributed by atoms with van der Waals surface area (Å²) in [7, 11) is -1.15. The Morgan fingerprint density at radius 2 is 1.75 bits per heavy atom. The fourth-order valence-electron chi connectivity index (χ4n) is 8.14. The molecule has 3 aliphatic rings. The Balaban J connectivity index is 1.23. The number of benzene rings is 4. The van der Waals surface area contributed by atoms with Crippen LogP contribution in [0.25, 0.3) is 16.8 Å². The van der Waals surface area contributed by atoms with Gasteiger partial charge in [-0.2, -0.15) is 0 Å². The lowest BCUT2D eigenvalue weighted by atomic mass is 9.58. The molecule has 4 atom stereocenters. The first-order valence-corrected chi connectivity index (χ1v) is 17.5. The molecule has 4 aromatic rings. The summed E-state index contributed by atoms with van der Waals surface area (Å²) in [6.07, 6.45) is 5.01. The Hall–Kier alpha value is -5.26. The number of ether oxygens (including phenoxy) is 1. The molecule has 51 heavy (non-hydrogen) atoms. The van der Waals surface area contributed by atoms with E-state index < -0.39 is 47.7 Å². The zero-order valence-electron chi connectivity index (χ0n) is 28.3. The van der Waals surface area contributed by atoms with Crippen LogP contribution in [0.15, 0.2) is 108 Å². The fourth-order valence-corrected chi connectivity index (χ4v) is 8.14. The maximum Gasteiger partial charge on any atom is 0.455 e. The molecule has 2 saturated heterocycles. The van der Waals surface area contributed by atoms with Crippen molar-refractivity contribution in [3.8, 4) is 11.5 Å². The number of para-hydroxylation sites is 1. The second kappa shape index (κ2) is 14.5. The summed E-state index contributed by atoms with van der Waals surface area (Å²) in [5.41, 5.74) is 3.91. The Kier molecular flexibility index (Phi) is 9.75. The number of nitrogens with zero attached hydrogens (tertiary/aromatic N) is 2. The van der Waals surface area contributed by atoms with Crippen LogP contribution in [0.5, 0.6) is 11.5 Å². The highest BCUT2D eigenvalue weighted by Gasteiger charge is 2.57. The molecule has 10 nitrogen and oxygen atoms in total. The summed E-state index contributed by atoms with van der Waals surface area (Å²) in [4.78, 5) is 40.3. The zero-order valence-corrected chi connectivity index (χ0v) is 28.3. The van der Waals surface area contributed by atoms with E-state index in [0.717, 1.165) is 45.2 Å². The van der Waals surface area contributed by atoms with Crippen molar-refractivity contribution < 1.29 is 34.0 Å². The predicted octanol–water partition coefficient (Wildman–Crippen LogP) is 7.50. The third-order valence-electron chi connectivity index (χ3n) is 10.4. The van der Waals surface area contributed by atoms with Crippen LogP contribution >= 0.6 is 0 Å². The zero-order chi connectivity index (χ0) is 35.6. The summed E-state index contributed by atoms with van der Waals surface area (Å²) < 4.78 is 12.5. The number of imide groups is 1. The SMILES string of the molecule is CCC/C(=C\c1ccc(O)c2ccccc12)CC[C@H]1OB(O)C[C@H]2C1=C(COc1ccccc1)C[C@H]1C(=O)N(c3cccc([N+](=O)[O-])c3)C(=O)[C@H]12. The molecule has 11 heteroatoms. The number of allylic oxidation sites excluding steroid dienone is 1. The van der Waals surface area contributed by atoms with Crippen LogP contribution in [0, 0.1) is 27.9 Å². The monoisotopic (exact) mass is 686 g/mol. The highest BCUT2D eigenvalue weighted by atomic mass is 16.6. The lowest BCUT2D eigenvalue weighted by Crippen LogP contribution is -2.46. The minimum atomic E-state index is -1.15. The molecule has 2 aliphatic heterocycles. The molecule has 0 radical (unpaired) electrons. The quantitative estimate of drug-likeness (QED) is 0.0544. The number of hydrogen-bond acceptors (Lipinski definition) is 8. The third-order valence-corrected chi connectivity index (χ3v) is 10.4. The molecular weight excluding hydrogens is 647 g/mol. The second-order valence-electron chi connectivity index (χ2n) is 13.5. The number of phenolic OH excluding ortho intramolecular Hbond substituents is 1. The number of fused-ring (bicyclic) bond motifs is 4. The minimum absolute atomic E-state index is 0.140. The molecule has 2 heterocycles. The van der Waals surface area contributed by atoms with Crippen molar-refractivity contribution in [1.29, 1.82) is 0 Å². The van der Waals surface area contributed by atoms with Gasteiger partial charge in [0.15, 0.2) is 0 Å². The van der Waals surface area contributed by atoms with Crippen LogP contribution in [0.2, 0.25) is 6.32 Å². The number of nitro benzene ring substituents is 1. The van der Waals surface area contributed by atoms with Gasteiger partial charge in [0.2, 0.25) is 11.8 Å². The van der Waals surface area contributed by atoms with Crippen molar-refractivity contribution in [2.24, 2.45) is 17.8 Å². The number of amides is 2. The van der Waals surface area contributed by atoms with Gasteiger partial charge in [0.25, 0.3) is 5.69 Å². The van der Waals surface area contributed by atoms with Gasteiger partial charge in [-0.05, 0) is 84.3 Å². The van der Waals surface area contributed by atoms with Crippen LogP contribution < -0.4 is 9.64 Å². The van der Waals surface area contributed by atoms with Gasteiger partial charge in [0, 0.05) is 17.5 Å². The largest absolute Gasteiger partial charge is 0.507 e. The Bertz CT molecular complexity index is 2050. The molecule has 1 aliphatic carbocycles. The van der Waals surface area contributed by atoms with E-state index in [9.17, 15) is 29.8 Å². The Morgan fingerprint density at radius 3 is 2.51 bits per heavy atom. The Morgan fingerprint density at radius 1 is 0.980 bits per heavy atom. The molecule has 7 rings (SSSR count). The van der Waals surface area contributed by atoms with Crippen molar-refractivity contribution in [3.63, 3.8) is 0 Å². The van der Waals surface area contributed by atoms with Crippen molar-refractivity contribution in [1.82, 2.24) is 0 Å². The van der Waals surface area contributed by atoms with Crippen LogP contribution in [-0.4, -0.2) is 46.7 Å². The first-order chi connectivity index (χ1) is 24.7. The van der Waals surface area contributed by atoms with E-state index in [4.69, 9.17) is 9.39 Å². The number of rotatable bonds is 11. The van der Waals surface area contributed by atoms with Gasteiger partial charge in [0.05, 0.1) is 28.6 Å². The van der Waals surface area contributed by atoms with Gasteiger partial charge in [-0.1, -0.05) is 79.6 Å². The molecule has 2 N–H and O–H groups in total. The van der Waals surface area contributed by atoms with Crippen molar-refractivity contribution in [2.75, 3.05) is 11.5 Å². The average Bonchev–Trinajstić information content (AvgIpc) is 3.39. The Labute approximate surface area is 296 Å². The predicted molar refractivity (Wildman–Crippen MR) is 195 cm³/mol. The highest BCUT2D eigenvalue weighted by Crippen LogP contribution is 2.51. The third kappa shape index (κ3) is 6.79. The van der Waals surface area contributed by atoms with E-state index in [1.54, 1.807) is 6.07 Å². The molecule has 0 bridgehead atoms. The molecule has 2 amide bonds. The molecule has 0 spiro atoms. The van der Waals surface area contributed by atoms with E-state index in [2.05, 4.69) is 13.0 Å². The smallest absolute Gasteiger partial charge is 0.455 e. The lowest BCUT2D eigenvalue weighted by molar-refractivity contribution is -0.384. The summed E-state index contributed by atoms with van der Waals surface area (Å²) in [5.74, 6) is -1.87. The van der Waals surface area contributed by atoms with Gasteiger partial charge >= 0.3 is 7.12 Å². The molecule has 0 unspecified atom stereocenters. The van der Waals surface area contributed by atoms with Crippen molar-refractivity contribution in [3.05, 3.63) is 123 Å². The van der Waals surface area contributed by atoms with Gasteiger partial charge in [-0.3, -0.25) is 19.7 Å². The minimum Gasteiger partial charge on any atom is -0.507 e. The maximum atomic E-state index is 14.2. The molecule has 2 fully saturated rings. The van der Waals surface area contributed by atoms with Crippen molar-refractivity contribution in [2.45, 2.75) is 51.5 Å². The number of non-ortho nitro benzene ring substituents is 1. The second-order valence-corrected chi connectivity index (χ2v) is 13.5. The summed E-state index contributed by atoms with van der Waals surface area (Å²) in [6.45, 7) is 2.31. The number of anilines is 1. The van der Waals surface area contributed by atoms with Gasteiger partial charge in [-0.25, -0.2) is 4.90 Å².